The minimum Gasteiger partial charge on any atom is -0.481 e. The second-order valence-corrected chi connectivity index (χ2v) is 4.85. The van der Waals surface area contributed by atoms with E-state index in [2.05, 4.69) is 5.32 Å². The molecule has 0 aromatic rings. The smallest absolute Gasteiger partial charge is 0.317 e. The molecule has 0 bridgehead atoms. The lowest BCUT2D eigenvalue weighted by Crippen LogP contribution is -2.51. The Labute approximate surface area is 102 Å². The Kier molecular flexibility index (Phi) is 5.95. The van der Waals surface area contributed by atoms with E-state index in [0.29, 0.717) is 6.42 Å². The van der Waals surface area contributed by atoms with Crippen molar-refractivity contribution in [1.29, 1.82) is 0 Å². The van der Waals surface area contributed by atoms with Gasteiger partial charge in [0.2, 0.25) is 0 Å². The van der Waals surface area contributed by atoms with Gasteiger partial charge in [0.15, 0.2) is 0 Å². The van der Waals surface area contributed by atoms with Gasteiger partial charge in [0, 0.05) is 19.0 Å². The van der Waals surface area contributed by atoms with Crippen LogP contribution in [0.3, 0.4) is 0 Å². The number of rotatable bonds is 6. The molecule has 6 heteroatoms. The molecule has 0 heterocycles. The summed E-state index contributed by atoms with van der Waals surface area (Å²) in [6.07, 6.45) is 0.363. The van der Waals surface area contributed by atoms with Crippen LogP contribution in [-0.4, -0.2) is 52.3 Å². The van der Waals surface area contributed by atoms with Gasteiger partial charge in [0.1, 0.15) is 0 Å². The summed E-state index contributed by atoms with van der Waals surface area (Å²) in [5.41, 5.74) is -0.584. The summed E-state index contributed by atoms with van der Waals surface area (Å²) < 4.78 is 0. The lowest BCUT2D eigenvalue weighted by Gasteiger charge is -2.31. The maximum Gasteiger partial charge on any atom is 0.317 e. The number of carbonyl (C=O) groups excluding carboxylic acids is 1. The van der Waals surface area contributed by atoms with E-state index >= 15 is 0 Å². The van der Waals surface area contributed by atoms with Gasteiger partial charge >= 0.3 is 12.0 Å². The number of aliphatic hydroxyl groups excluding tert-OH is 1. The molecule has 0 spiro atoms. The molecule has 1 atom stereocenters. The zero-order valence-corrected chi connectivity index (χ0v) is 10.9. The number of nitrogens with one attached hydrogen (secondary N) is 1. The van der Waals surface area contributed by atoms with Crippen LogP contribution in [-0.2, 0) is 4.79 Å². The number of carboxylic acid groups (broad SMARTS) is 1. The van der Waals surface area contributed by atoms with E-state index in [-0.39, 0.29) is 25.1 Å². The Morgan fingerprint density at radius 2 is 1.94 bits per heavy atom. The average molecular weight is 246 g/mol. The van der Waals surface area contributed by atoms with Crippen LogP contribution in [0, 0.1) is 0 Å². The highest BCUT2D eigenvalue weighted by Gasteiger charge is 2.24. The van der Waals surface area contributed by atoms with Gasteiger partial charge in [-0.2, -0.15) is 0 Å². The summed E-state index contributed by atoms with van der Waals surface area (Å²) in [6.45, 7) is 5.15. The molecule has 0 aliphatic rings. The Hall–Kier alpha value is -1.30. The molecule has 0 aliphatic heterocycles. The predicted octanol–water partition coefficient (Wildman–Crippen LogP) is 0.652. The molecule has 0 fully saturated rings. The lowest BCUT2D eigenvalue weighted by molar-refractivity contribution is -0.137. The van der Waals surface area contributed by atoms with E-state index in [4.69, 9.17) is 10.2 Å². The second-order valence-electron chi connectivity index (χ2n) is 4.85. The molecule has 100 valence electrons. The number of urea groups is 1. The highest BCUT2D eigenvalue weighted by atomic mass is 16.4. The van der Waals surface area contributed by atoms with E-state index in [0.717, 1.165) is 0 Å². The van der Waals surface area contributed by atoms with Crippen molar-refractivity contribution >= 4 is 12.0 Å². The number of aliphatic carboxylic acids is 1. The summed E-state index contributed by atoms with van der Waals surface area (Å²) in [4.78, 5) is 23.6. The van der Waals surface area contributed by atoms with Crippen molar-refractivity contribution in [3.8, 4) is 0 Å². The van der Waals surface area contributed by atoms with Gasteiger partial charge in [0.05, 0.1) is 12.6 Å². The van der Waals surface area contributed by atoms with Crippen LogP contribution in [0.5, 0.6) is 0 Å². The highest BCUT2D eigenvalue weighted by molar-refractivity contribution is 5.75. The fourth-order valence-corrected chi connectivity index (χ4v) is 1.18. The van der Waals surface area contributed by atoms with E-state index in [1.807, 2.05) is 0 Å². The van der Waals surface area contributed by atoms with E-state index in [1.54, 1.807) is 27.8 Å². The molecule has 0 saturated heterocycles. The topological polar surface area (TPSA) is 89.9 Å². The molecule has 0 radical (unpaired) electrons. The quantitative estimate of drug-likeness (QED) is 0.642. The Morgan fingerprint density at radius 3 is 2.35 bits per heavy atom. The first kappa shape index (κ1) is 15.7. The zero-order chi connectivity index (χ0) is 13.6. The second kappa shape index (κ2) is 6.44. The maximum absolute atomic E-state index is 11.8. The van der Waals surface area contributed by atoms with E-state index in [9.17, 15) is 9.59 Å². The molecular weight excluding hydrogens is 224 g/mol. The van der Waals surface area contributed by atoms with Crippen molar-refractivity contribution in [3.05, 3.63) is 0 Å². The summed E-state index contributed by atoms with van der Waals surface area (Å²) in [5.74, 6) is -0.885. The Bertz CT molecular complexity index is 279. The number of hydrogen-bond acceptors (Lipinski definition) is 3. The molecule has 3 N–H and O–H groups in total. The first-order valence-electron chi connectivity index (χ1n) is 5.57. The monoisotopic (exact) mass is 246 g/mol. The molecule has 0 saturated carbocycles. The SMILES string of the molecule is CC(CO)N(C)C(=O)NC(C)(C)CCC(=O)O. The molecule has 1 unspecified atom stereocenters. The molecular formula is C11H22N2O4. The number of aliphatic hydroxyl groups is 1. The van der Waals surface area contributed by atoms with E-state index in [1.165, 1.54) is 4.90 Å². The highest BCUT2D eigenvalue weighted by Crippen LogP contribution is 2.12. The third kappa shape index (κ3) is 6.11. The molecule has 17 heavy (non-hydrogen) atoms. The van der Waals surface area contributed by atoms with Crippen molar-refractivity contribution in [1.82, 2.24) is 10.2 Å². The van der Waals surface area contributed by atoms with Gasteiger partial charge in [-0.15, -0.1) is 0 Å². The predicted molar refractivity (Wildman–Crippen MR) is 63.8 cm³/mol. The normalized spacial score (nSPS) is 13.0. The van der Waals surface area contributed by atoms with Crippen LogP contribution in [0.25, 0.3) is 0 Å². The van der Waals surface area contributed by atoms with Crippen molar-refractivity contribution in [2.45, 2.75) is 45.2 Å². The Morgan fingerprint density at radius 1 is 1.41 bits per heavy atom. The largest absolute Gasteiger partial charge is 0.481 e. The first-order chi connectivity index (χ1) is 7.69. The molecule has 0 aromatic heterocycles. The number of nitrogens with zero attached hydrogens (tertiary/aromatic N) is 1. The number of likely N-dealkylation sites (N-methyl/N-ethyl adjacent to an activating group) is 1. The standard InChI is InChI=1S/C11H22N2O4/c1-8(7-14)13(4)10(17)12-11(2,3)6-5-9(15)16/h8,14H,5-7H2,1-4H3,(H,12,17)(H,15,16). The summed E-state index contributed by atoms with van der Waals surface area (Å²) in [5, 5.41) is 20.3. The number of hydrogen-bond donors (Lipinski definition) is 3. The zero-order valence-electron chi connectivity index (χ0n) is 10.9. The maximum atomic E-state index is 11.8. The third-order valence-electron chi connectivity index (χ3n) is 2.65. The van der Waals surface area contributed by atoms with Crippen LogP contribution >= 0.6 is 0 Å². The molecule has 6 nitrogen and oxygen atoms in total. The average Bonchev–Trinajstić information content (AvgIpc) is 2.23. The first-order valence-corrected chi connectivity index (χ1v) is 5.57. The fourth-order valence-electron chi connectivity index (χ4n) is 1.18. The number of carboxylic acids is 1. The number of carbonyl (C=O) groups is 2. The van der Waals surface area contributed by atoms with Crippen LogP contribution in [0.15, 0.2) is 0 Å². The van der Waals surface area contributed by atoms with E-state index < -0.39 is 11.5 Å². The van der Waals surface area contributed by atoms with Gasteiger partial charge in [-0.3, -0.25) is 4.79 Å². The van der Waals surface area contributed by atoms with Gasteiger partial charge < -0.3 is 20.4 Å². The summed E-state index contributed by atoms with van der Waals surface area (Å²) >= 11 is 0. The molecule has 0 aromatic carbocycles. The Balaban J connectivity index is 4.30. The minimum absolute atomic E-state index is 0.00650. The van der Waals surface area contributed by atoms with Crippen molar-refractivity contribution in [3.63, 3.8) is 0 Å². The van der Waals surface area contributed by atoms with Crippen molar-refractivity contribution in [2.75, 3.05) is 13.7 Å². The van der Waals surface area contributed by atoms with Gasteiger partial charge in [-0.05, 0) is 27.2 Å². The van der Waals surface area contributed by atoms with Crippen LogP contribution in [0.4, 0.5) is 4.79 Å². The van der Waals surface area contributed by atoms with Gasteiger partial charge in [0.25, 0.3) is 0 Å². The molecule has 0 aliphatic carbocycles. The molecule has 0 rings (SSSR count). The number of amides is 2. The fraction of sp³-hybridized carbons (Fsp3) is 0.818. The lowest BCUT2D eigenvalue weighted by atomic mass is 9.99. The molecule has 2 amide bonds. The van der Waals surface area contributed by atoms with Crippen molar-refractivity contribution in [2.24, 2.45) is 0 Å². The van der Waals surface area contributed by atoms with Crippen LogP contribution in [0.2, 0.25) is 0 Å². The summed E-state index contributed by atoms with van der Waals surface area (Å²) in [6, 6.07) is -0.591. The van der Waals surface area contributed by atoms with Crippen LogP contribution in [0.1, 0.15) is 33.6 Å². The van der Waals surface area contributed by atoms with Gasteiger partial charge in [-0.1, -0.05) is 0 Å². The van der Waals surface area contributed by atoms with Crippen molar-refractivity contribution < 1.29 is 19.8 Å². The minimum atomic E-state index is -0.885. The van der Waals surface area contributed by atoms with Gasteiger partial charge in [-0.25, -0.2) is 4.79 Å². The summed E-state index contributed by atoms with van der Waals surface area (Å²) in [7, 11) is 1.59. The third-order valence-corrected chi connectivity index (χ3v) is 2.65. The van der Waals surface area contributed by atoms with Crippen LogP contribution < -0.4 is 5.32 Å².